The highest BCUT2D eigenvalue weighted by Crippen LogP contribution is 2.07. The topological polar surface area (TPSA) is 39.7 Å². The molecule has 1 rings (SSSR count). The Labute approximate surface area is 135 Å². The maximum atomic E-state index is 4.22. The average molecular weight is 382 g/mol. The maximum Gasteiger partial charge on any atom is 0.190 e. The second kappa shape index (κ2) is 13.0. The molecular formula is C14H31IN4. The Morgan fingerprint density at radius 2 is 1.68 bits per heavy atom. The lowest BCUT2D eigenvalue weighted by Crippen LogP contribution is -2.38. The number of halogens is 1. The van der Waals surface area contributed by atoms with Gasteiger partial charge in [0, 0.05) is 20.1 Å². The molecule has 1 heterocycles. The van der Waals surface area contributed by atoms with E-state index < -0.39 is 0 Å². The first-order chi connectivity index (χ1) is 8.86. The first-order valence-electron chi connectivity index (χ1n) is 7.53. The van der Waals surface area contributed by atoms with Crippen molar-refractivity contribution in [3.05, 3.63) is 0 Å². The summed E-state index contributed by atoms with van der Waals surface area (Å²) in [6, 6.07) is 0. The van der Waals surface area contributed by atoms with Crippen molar-refractivity contribution in [3.8, 4) is 0 Å². The van der Waals surface area contributed by atoms with Crippen LogP contribution in [0.15, 0.2) is 4.99 Å². The third-order valence-electron chi connectivity index (χ3n) is 3.44. The van der Waals surface area contributed by atoms with Crippen molar-refractivity contribution in [2.75, 3.05) is 39.8 Å². The third kappa shape index (κ3) is 9.49. The summed E-state index contributed by atoms with van der Waals surface area (Å²) < 4.78 is 0. The maximum absolute atomic E-state index is 4.22. The Bertz CT molecular complexity index is 227. The molecule has 5 heteroatoms. The molecule has 1 aliphatic rings. The number of likely N-dealkylation sites (tertiary alicyclic amines) is 1. The van der Waals surface area contributed by atoms with Crippen molar-refractivity contribution >= 4 is 29.9 Å². The van der Waals surface area contributed by atoms with E-state index in [1.807, 2.05) is 7.05 Å². The number of hydrogen-bond donors (Lipinski definition) is 2. The van der Waals surface area contributed by atoms with Gasteiger partial charge in [0.1, 0.15) is 0 Å². The minimum Gasteiger partial charge on any atom is -0.356 e. The number of rotatable bonds is 8. The van der Waals surface area contributed by atoms with Crippen LogP contribution >= 0.6 is 24.0 Å². The van der Waals surface area contributed by atoms with Gasteiger partial charge in [0.05, 0.1) is 0 Å². The molecule has 0 amide bonds. The predicted molar refractivity (Wildman–Crippen MR) is 94.6 cm³/mol. The van der Waals surface area contributed by atoms with Crippen LogP contribution in [0.1, 0.15) is 45.4 Å². The highest BCUT2D eigenvalue weighted by molar-refractivity contribution is 14.0. The van der Waals surface area contributed by atoms with Crippen LogP contribution < -0.4 is 10.6 Å². The SMILES string of the molecule is CCCCNC(=NC)NCCCCN1CCCC1.I. The van der Waals surface area contributed by atoms with E-state index in [1.54, 1.807) is 0 Å². The van der Waals surface area contributed by atoms with Crippen molar-refractivity contribution in [1.82, 2.24) is 15.5 Å². The van der Waals surface area contributed by atoms with Gasteiger partial charge in [-0.3, -0.25) is 4.99 Å². The van der Waals surface area contributed by atoms with Crippen molar-refractivity contribution in [1.29, 1.82) is 0 Å². The van der Waals surface area contributed by atoms with E-state index in [0.29, 0.717) is 0 Å². The lowest BCUT2D eigenvalue weighted by atomic mass is 10.3. The molecule has 1 fully saturated rings. The highest BCUT2D eigenvalue weighted by atomic mass is 127. The third-order valence-corrected chi connectivity index (χ3v) is 3.44. The number of guanidine groups is 1. The Hall–Kier alpha value is -0.0400. The first kappa shape index (κ1) is 19.0. The summed E-state index contributed by atoms with van der Waals surface area (Å²) in [6.07, 6.45) is 7.73. The summed E-state index contributed by atoms with van der Waals surface area (Å²) in [5.41, 5.74) is 0. The van der Waals surface area contributed by atoms with Gasteiger partial charge in [-0.2, -0.15) is 0 Å². The molecule has 0 radical (unpaired) electrons. The minimum absolute atomic E-state index is 0. The molecule has 114 valence electrons. The van der Waals surface area contributed by atoms with Crippen molar-refractivity contribution < 1.29 is 0 Å². The van der Waals surface area contributed by atoms with Crippen LogP contribution in [0.4, 0.5) is 0 Å². The van der Waals surface area contributed by atoms with Gasteiger partial charge in [0.25, 0.3) is 0 Å². The number of nitrogens with zero attached hydrogens (tertiary/aromatic N) is 2. The second-order valence-electron chi connectivity index (χ2n) is 5.04. The summed E-state index contributed by atoms with van der Waals surface area (Å²) in [6.45, 7) is 8.14. The lowest BCUT2D eigenvalue weighted by Gasteiger charge is -2.15. The van der Waals surface area contributed by atoms with Crippen LogP contribution in [0.3, 0.4) is 0 Å². The molecular weight excluding hydrogens is 351 g/mol. The molecule has 1 saturated heterocycles. The molecule has 0 aromatic heterocycles. The fourth-order valence-corrected chi connectivity index (χ4v) is 2.28. The Balaban J connectivity index is 0.00000324. The van der Waals surface area contributed by atoms with Crippen LogP contribution in [0.25, 0.3) is 0 Å². The fourth-order valence-electron chi connectivity index (χ4n) is 2.28. The van der Waals surface area contributed by atoms with E-state index >= 15 is 0 Å². The average Bonchev–Trinajstić information content (AvgIpc) is 2.89. The van der Waals surface area contributed by atoms with Gasteiger partial charge in [-0.15, -0.1) is 24.0 Å². The Morgan fingerprint density at radius 3 is 2.26 bits per heavy atom. The summed E-state index contributed by atoms with van der Waals surface area (Å²) in [7, 11) is 1.84. The zero-order valence-corrected chi connectivity index (χ0v) is 14.9. The molecule has 0 spiro atoms. The highest BCUT2D eigenvalue weighted by Gasteiger charge is 2.09. The number of nitrogens with one attached hydrogen (secondary N) is 2. The summed E-state index contributed by atoms with van der Waals surface area (Å²) in [5.74, 6) is 0.949. The molecule has 0 aliphatic carbocycles. The molecule has 2 N–H and O–H groups in total. The van der Waals surface area contributed by atoms with Gasteiger partial charge in [-0.25, -0.2) is 0 Å². The van der Waals surface area contributed by atoms with E-state index in [1.165, 1.54) is 58.2 Å². The van der Waals surface area contributed by atoms with Gasteiger partial charge in [-0.1, -0.05) is 13.3 Å². The van der Waals surface area contributed by atoms with Crippen LogP contribution in [0.5, 0.6) is 0 Å². The van der Waals surface area contributed by atoms with Crippen LogP contribution in [0.2, 0.25) is 0 Å². The van der Waals surface area contributed by atoms with E-state index in [2.05, 4.69) is 27.4 Å². The predicted octanol–water partition coefficient (Wildman–Crippen LogP) is 2.45. The lowest BCUT2D eigenvalue weighted by molar-refractivity contribution is 0.330. The van der Waals surface area contributed by atoms with Crippen molar-refractivity contribution in [2.24, 2.45) is 4.99 Å². The monoisotopic (exact) mass is 382 g/mol. The summed E-state index contributed by atoms with van der Waals surface area (Å²) in [5, 5.41) is 6.70. The van der Waals surface area contributed by atoms with Crippen LogP contribution in [0, 0.1) is 0 Å². The fraction of sp³-hybridized carbons (Fsp3) is 0.929. The smallest absolute Gasteiger partial charge is 0.190 e. The van der Waals surface area contributed by atoms with Gasteiger partial charge in [0.2, 0.25) is 0 Å². The molecule has 4 nitrogen and oxygen atoms in total. The summed E-state index contributed by atoms with van der Waals surface area (Å²) >= 11 is 0. The van der Waals surface area contributed by atoms with E-state index in [9.17, 15) is 0 Å². The molecule has 0 aromatic rings. The van der Waals surface area contributed by atoms with Gasteiger partial charge >= 0.3 is 0 Å². The molecule has 0 bridgehead atoms. The van der Waals surface area contributed by atoms with Crippen molar-refractivity contribution in [2.45, 2.75) is 45.4 Å². The van der Waals surface area contributed by atoms with E-state index in [-0.39, 0.29) is 24.0 Å². The standard InChI is InChI=1S/C14H30N4.HI/c1-3-4-9-16-14(15-2)17-10-5-6-11-18-12-7-8-13-18;/h3-13H2,1-2H3,(H2,15,16,17);1H. The molecule has 0 atom stereocenters. The van der Waals surface area contributed by atoms with Gasteiger partial charge in [0.15, 0.2) is 5.96 Å². The second-order valence-corrected chi connectivity index (χ2v) is 5.04. The largest absolute Gasteiger partial charge is 0.356 e. The van der Waals surface area contributed by atoms with Gasteiger partial charge < -0.3 is 15.5 Å². The van der Waals surface area contributed by atoms with Crippen molar-refractivity contribution in [3.63, 3.8) is 0 Å². The Morgan fingerprint density at radius 1 is 1.05 bits per heavy atom. The molecule has 0 aromatic carbocycles. The number of hydrogen-bond acceptors (Lipinski definition) is 2. The summed E-state index contributed by atoms with van der Waals surface area (Å²) in [4.78, 5) is 6.80. The van der Waals surface area contributed by atoms with Gasteiger partial charge in [-0.05, 0) is 51.7 Å². The quantitative estimate of drug-likeness (QED) is 0.293. The number of unbranched alkanes of at least 4 members (excludes halogenated alkanes) is 2. The van der Waals surface area contributed by atoms with E-state index in [0.717, 1.165) is 19.0 Å². The van der Waals surface area contributed by atoms with Crippen LogP contribution in [-0.2, 0) is 0 Å². The molecule has 0 unspecified atom stereocenters. The Kier molecular flexibility index (Phi) is 12.9. The first-order valence-corrected chi connectivity index (χ1v) is 7.53. The number of aliphatic imine (C=N–C) groups is 1. The molecule has 1 aliphatic heterocycles. The van der Waals surface area contributed by atoms with Crippen LogP contribution in [-0.4, -0.2) is 50.6 Å². The van der Waals surface area contributed by atoms with E-state index in [4.69, 9.17) is 0 Å². The zero-order chi connectivity index (χ0) is 13.1. The molecule has 19 heavy (non-hydrogen) atoms. The zero-order valence-electron chi connectivity index (χ0n) is 12.6. The minimum atomic E-state index is 0. The molecule has 0 saturated carbocycles. The normalized spacial score (nSPS) is 16.2.